The molecule has 0 aliphatic carbocycles. The highest BCUT2D eigenvalue weighted by Gasteiger charge is 2.38. The molecule has 0 unspecified atom stereocenters. The summed E-state index contributed by atoms with van der Waals surface area (Å²) in [6, 6.07) is 8.16. The van der Waals surface area contributed by atoms with Crippen LogP contribution in [0, 0.1) is 0 Å². The first-order valence-electron chi connectivity index (χ1n) is 7.21. The summed E-state index contributed by atoms with van der Waals surface area (Å²) in [5.74, 6) is 0.00578. The average molecular weight is 317 g/mol. The maximum Gasteiger partial charge on any atom is 0.305 e. The highest BCUT2D eigenvalue weighted by molar-refractivity contribution is 7.13. The minimum atomic E-state index is -0.781. The minimum Gasteiger partial charge on any atom is -0.497 e. The van der Waals surface area contributed by atoms with Gasteiger partial charge < -0.3 is 14.7 Å². The first kappa shape index (κ1) is 14.9. The standard InChI is InChI=1S/C17H19NO3S/c1-17(2)13-7-9-22-16(13)12-5-4-11(21-3)10-14(12)18(17)8-6-15(19)20/h4-5,7,9-10H,6,8H2,1-3H3,(H,19,20). The Kier molecular flexibility index (Phi) is 3.60. The summed E-state index contributed by atoms with van der Waals surface area (Å²) in [5.41, 5.74) is 3.20. The van der Waals surface area contributed by atoms with Crippen LogP contribution < -0.4 is 9.64 Å². The highest BCUT2D eigenvalue weighted by Crippen LogP contribution is 2.50. The second-order valence-corrected chi connectivity index (χ2v) is 6.82. The van der Waals surface area contributed by atoms with Crippen LogP contribution in [0.1, 0.15) is 25.8 Å². The molecule has 4 nitrogen and oxygen atoms in total. The van der Waals surface area contributed by atoms with Crippen molar-refractivity contribution >= 4 is 23.0 Å². The van der Waals surface area contributed by atoms with Crippen molar-refractivity contribution in [1.29, 1.82) is 0 Å². The fourth-order valence-electron chi connectivity index (χ4n) is 3.11. The fraction of sp³-hybridized carbons (Fsp3) is 0.353. The van der Waals surface area contributed by atoms with Gasteiger partial charge in [-0.15, -0.1) is 11.3 Å². The van der Waals surface area contributed by atoms with Gasteiger partial charge in [0.05, 0.1) is 19.1 Å². The van der Waals surface area contributed by atoms with E-state index in [0.717, 1.165) is 17.0 Å². The van der Waals surface area contributed by atoms with Crippen molar-refractivity contribution in [3.05, 3.63) is 35.2 Å². The molecule has 1 aliphatic heterocycles. The van der Waals surface area contributed by atoms with E-state index in [2.05, 4.69) is 36.3 Å². The van der Waals surface area contributed by atoms with E-state index in [9.17, 15) is 4.79 Å². The van der Waals surface area contributed by atoms with Crippen LogP contribution >= 0.6 is 11.3 Å². The summed E-state index contributed by atoms with van der Waals surface area (Å²) in [7, 11) is 1.65. The zero-order valence-electron chi connectivity index (χ0n) is 12.9. The molecule has 5 heteroatoms. The van der Waals surface area contributed by atoms with Crippen molar-refractivity contribution in [3.8, 4) is 16.2 Å². The molecule has 0 atom stereocenters. The largest absolute Gasteiger partial charge is 0.497 e. The summed E-state index contributed by atoms with van der Waals surface area (Å²) in [6.07, 6.45) is 0.111. The maximum absolute atomic E-state index is 11.0. The molecule has 0 saturated carbocycles. The Hall–Kier alpha value is -2.01. The third-order valence-electron chi connectivity index (χ3n) is 4.29. The molecule has 0 saturated heterocycles. The Morgan fingerprint density at radius 2 is 2.14 bits per heavy atom. The second-order valence-electron chi connectivity index (χ2n) is 5.90. The number of carboxylic acids is 1. The molecule has 2 aromatic rings. The number of methoxy groups -OCH3 is 1. The number of fused-ring (bicyclic) bond motifs is 3. The Balaban J connectivity index is 2.15. The quantitative estimate of drug-likeness (QED) is 0.927. The SMILES string of the molecule is COc1ccc2c(c1)N(CCC(=O)O)C(C)(C)c1ccsc1-2. The number of aliphatic carboxylic acids is 1. The van der Waals surface area contributed by atoms with Crippen molar-refractivity contribution in [3.63, 3.8) is 0 Å². The van der Waals surface area contributed by atoms with Crippen LogP contribution in [0.15, 0.2) is 29.6 Å². The van der Waals surface area contributed by atoms with Crippen molar-refractivity contribution in [2.24, 2.45) is 0 Å². The zero-order valence-corrected chi connectivity index (χ0v) is 13.7. The molecule has 0 radical (unpaired) electrons. The molecule has 1 N–H and O–H groups in total. The molecule has 22 heavy (non-hydrogen) atoms. The number of hydrogen-bond acceptors (Lipinski definition) is 4. The number of nitrogens with zero attached hydrogens (tertiary/aromatic N) is 1. The molecule has 0 bridgehead atoms. The van der Waals surface area contributed by atoms with Crippen LogP contribution in [0.5, 0.6) is 5.75 Å². The number of anilines is 1. The van der Waals surface area contributed by atoms with Gasteiger partial charge in [0.1, 0.15) is 5.75 Å². The molecule has 0 spiro atoms. The summed E-state index contributed by atoms with van der Waals surface area (Å²) in [4.78, 5) is 14.5. The normalized spacial score (nSPS) is 15.1. The van der Waals surface area contributed by atoms with E-state index >= 15 is 0 Å². The van der Waals surface area contributed by atoms with Crippen LogP contribution in [-0.4, -0.2) is 24.7 Å². The Morgan fingerprint density at radius 1 is 1.36 bits per heavy atom. The van der Waals surface area contributed by atoms with E-state index in [1.807, 2.05) is 12.1 Å². The number of ether oxygens (including phenoxy) is 1. The Labute approximate surface area is 134 Å². The average Bonchev–Trinajstić information content (AvgIpc) is 2.96. The Bertz CT molecular complexity index is 720. The number of thiophene rings is 1. The lowest BCUT2D eigenvalue weighted by Gasteiger charge is -2.45. The second kappa shape index (κ2) is 5.32. The summed E-state index contributed by atoms with van der Waals surface area (Å²) >= 11 is 1.73. The number of rotatable bonds is 4. The monoisotopic (exact) mass is 317 g/mol. The molecule has 0 amide bonds. The van der Waals surface area contributed by atoms with Crippen LogP contribution in [-0.2, 0) is 10.3 Å². The first-order chi connectivity index (χ1) is 10.4. The highest BCUT2D eigenvalue weighted by atomic mass is 32.1. The number of carboxylic acid groups (broad SMARTS) is 1. The summed E-state index contributed by atoms with van der Waals surface area (Å²) in [5, 5.41) is 11.2. The molecule has 0 fully saturated rings. The predicted molar refractivity (Wildman–Crippen MR) is 88.9 cm³/mol. The minimum absolute atomic E-state index is 0.111. The maximum atomic E-state index is 11.0. The van der Waals surface area contributed by atoms with Crippen molar-refractivity contribution in [2.45, 2.75) is 25.8 Å². The van der Waals surface area contributed by atoms with Gasteiger partial charge in [-0.3, -0.25) is 4.79 Å². The third-order valence-corrected chi connectivity index (χ3v) is 5.24. The zero-order chi connectivity index (χ0) is 15.9. The van der Waals surface area contributed by atoms with Crippen LogP contribution in [0.3, 0.4) is 0 Å². The molecular formula is C17H19NO3S. The number of carbonyl (C=O) groups is 1. The van der Waals surface area contributed by atoms with Gasteiger partial charge in [0.15, 0.2) is 0 Å². The lowest BCUT2D eigenvalue weighted by Crippen LogP contribution is -2.45. The lowest BCUT2D eigenvalue weighted by molar-refractivity contribution is -0.136. The van der Waals surface area contributed by atoms with Gasteiger partial charge in [0, 0.05) is 28.7 Å². The van der Waals surface area contributed by atoms with Crippen LogP contribution in [0.25, 0.3) is 10.4 Å². The van der Waals surface area contributed by atoms with Gasteiger partial charge in [0.2, 0.25) is 0 Å². The van der Waals surface area contributed by atoms with E-state index in [4.69, 9.17) is 9.84 Å². The van der Waals surface area contributed by atoms with E-state index in [0.29, 0.717) is 6.54 Å². The van der Waals surface area contributed by atoms with E-state index in [1.54, 1.807) is 18.4 Å². The van der Waals surface area contributed by atoms with Gasteiger partial charge in [-0.1, -0.05) is 0 Å². The van der Waals surface area contributed by atoms with E-state index in [-0.39, 0.29) is 12.0 Å². The summed E-state index contributed by atoms with van der Waals surface area (Å²) < 4.78 is 5.35. The Morgan fingerprint density at radius 3 is 2.82 bits per heavy atom. The molecule has 3 rings (SSSR count). The van der Waals surface area contributed by atoms with Crippen molar-refractivity contribution in [2.75, 3.05) is 18.6 Å². The molecule has 1 aliphatic rings. The van der Waals surface area contributed by atoms with Gasteiger partial charge in [-0.25, -0.2) is 0 Å². The molecule has 116 valence electrons. The van der Waals surface area contributed by atoms with Gasteiger partial charge >= 0.3 is 5.97 Å². The number of benzene rings is 1. The first-order valence-corrected chi connectivity index (χ1v) is 8.09. The molecule has 1 aromatic heterocycles. The van der Waals surface area contributed by atoms with Crippen LogP contribution in [0.4, 0.5) is 5.69 Å². The van der Waals surface area contributed by atoms with E-state index < -0.39 is 5.97 Å². The van der Waals surface area contributed by atoms with E-state index in [1.165, 1.54) is 10.4 Å². The predicted octanol–water partition coefficient (Wildman–Crippen LogP) is 3.95. The third kappa shape index (κ3) is 2.25. The number of hydrogen-bond donors (Lipinski definition) is 1. The van der Waals surface area contributed by atoms with Gasteiger partial charge in [-0.2, -0.15) is 0 Å². The summed E-state index contributed by atoms with van der Waals surface area (Å²) in [6.45, 7) is 4.75. The molecular weight excluding hydrogens is 298 g/mol. The van der Waals surface area contributed by atoms with Crippen LogP contribution in [0.2, 0.25) is 0 Å². The van der Waals surface area contributed by atoms with Gasteiger partial charge in [-0.05, 0) is 43.0 Å². The topological polar surface area (TPSA) is 49.8 Å². The lowest BCUT2D eigenvalue weighted by atomic mass is 9.85. The van der Waals surface area contributed by atoms with Crippen molar-refractivity contribution < 1.29 is 14.6 Å². The van der Waals surface area contributed by atoms with Gasteiger partial charge in [0.25, 0.3) is 0 Å². The van der Waals surface area contributed by atoms with Crippen molar-refractivity contribution in [1.82, 2.24) is 0 Å². The fourth-order valence-corrected chi connectivity index (χ4v) is 4.19. The molecule has 2 heterocycles. The molecule has 1 aromatic carbocycles. The smallest absolute Gasteiger partial charge is 0.305 e.